The quantitative estimate of drug-likeness (QED) is 0.783. The van der Waals surface area contributed by atoms with Crippen molar-refractivity contribution < 1.29 is 0 Å². The van der Waals surface area contributed by atoms with Gasteiger partial charge in [0.05, 0.1) is 5.69 Å². The number of rotatable bonds is 5. The molecule has 0 atom stereocenters. The van der Waals surface area contributed by atoms with Crippen LogP contribution >= 0.6 is 11.5 Å². The van der Waals surface area contributed by atoms with Crippen LogP contribution in [-0.2, 0) is 6.54 Å². The first-order valence-corrected chi connectivity index (χ1v) is 6.75. The number of nitrogens with zero attached hydrogens (tertiary/aromatic N) is 2. The van der Waals surface area contributed by atoms with E-state index in [1.807, 2.05) is 5.38 Å². The second-order valence-electron chi connectivity index (χ2n) is 4.37. The molecule has 1 aromatic heterocycles. The highest BCUT2D eigenvalue weighted by atomic mass is 32.1. The van der Waals surface area contributed by atoms with Crippen molar-refractivity contribution in [1.29, 1.82) is 0 Å². The van der Waals surface area contributed by atoms with Crippen LogP contribution in [0.2, 0.25) is 0 Å². The summed E-state index contributed by atoms with van der Waals surface area (Å²) >= 11 is 1.42. The van der Waals surface area contributed by atoms with Crippen molar-refractivity contribution in [3.05, 3.63) is 11.1 Å². The van der Waals surface area contributed by atoms with Crippen molar-refractivity contribution in [2.24, 2.45) is 5.92 Å². The first kappa shape index (κ1) is 11.0. The van der Waals surface area contributed by atoms with Gasteiger partial charge in [0.2, 0.25) is 0 Å². The molecule has 1 aromatic rings. The van der Waals surface area contributed by atoms with E-state index in [2.05, 4.69) is 14.9 Å². The van der Waals surface area contributed by atoms with Crippen LogP contribution in [0.25, 0.3) is 0 Å². The molecule has 0 unspecified atom stereocenters. The summed E-state index contributed by atoms with van der Waals surface area (Å²) in [6.07, 6.45) is 8.56. The van der Waals surface area contributed by atoms with Crippen LogP contribution in [-0.4, -0.2) is 16.1 Å². The lowest BCUT2D eigenvalue weighted by atomic mass is 9.87. The molecule has 1 fully saturated rings. The van der Waals surface area contributed by atoms with E-state index < -0.39 is 0 Å². The van der Waals surface area contributed by atoms with Gasteiger partial charge in [-0.2, -0.15) is 0 Å². The van der Waals surface area contributed by atoms with Crippen molar-refractivity contribution in [3.8, 4) is 0 Å². The molecule has 1 heterocycles. The topological polar surface area (TPSA) is 37.8 Å². The van der Waals surface area contributed by atoms with Crippen LogP contribution in [0.3, 0.4) is 0 Å². The predicted molar refractivity (Wildman–Crippen MR) is 62.8 cm³/mol. The Morgan fingerprint density at radius 2 is 2.20 bits per heavy atom. The Balaban J connectivity index is 1.54. The van der Waals surface area contributed by atoms with Crippen LogP contribution in [0.4, 0.5) is 0 Å². The fourth-order valence-electron chi connectivity index (χ4n) is 2.26. The summed E-state index contributed by atoms with van der Waals surface area (Å²) in [5, 5.41) is 9.45. The van der Waals surface area contributed by atoms with E-state index in [1.54, 1.807) is 0 Å². The molecule has 1 N–H and O–H groups in total. The number of hydrogen-bond acceptors (Lipinski definition) is 4. The minimum atomic E-state index is 0.878. The lowest BCUT2D eigenvalue weighted by Gasteiger charge is -2.21. The van der Waals surface area contributed by atoms with E-state index in [0.717, 1.165) is 24.7 Å². The molecule has 0 saturated heterocycles. The Morgan fingerprint density at radius 1 is 1.33 bits per heavy atom. The van der Waals surface area contributed by atoms with E-state index in [0.29, 0.717) is 0 Å². The SMILES string of the molecule is c1snnc1CNCCC1CCCCC1. The fraction of sp³-hybridized carbons (Fsp3) is 0.818. The van der Waals surface area contributed by atoms with Gasteiger partial charge in [-0.25, -0.2) is 0 Å². The van der Waals surface area contributed by atoms with E-state index in [4.69, 9.17) is 0 Å². The average molecular weight is 225 g/mol. The summed E-state index contributed by atoms with van der Waals surface area (Å²) in [6, 6.07) is 0. The molecule has 0 amide bonds. The van der Waals surface area contributed by atoms with Gasteiger partial charge in [0.25, 0.3) is 0 Å². The number of hydrogen-bond donors (Lipinski definition) is 1. The first-order valence-electron chi connectivity index (χ1n) is 5.92. The molecule has 0 bridgehead atoms. The minimum absolute atomic E-state index is 0.878. The summed E-state index contributed by atoms with van der Waals surface area (Å²) in [5.74, 6) is 0.972. The predicted octanol–water partition coefficient (Wildman–Crippen LogP) is 2.60. The van der Waals surface area contributed by atoms with Gasteiger partial charge in [0.15, 0.2) is 0 Å². The highest BCUT2D eigenvalue weighted by Gasteiger charge is 2.12. The van der Waals surface area contributed by atoms with Gasteiger partial charge >= 0.3 is 0 Å². The third-order valence-corrected chi connectivity index (χ3v) is 3.72. The molecule has 3 nitrogen and oxygen atoms in total. The zero-order valence-corrected chi connectivity index (χ0v) is 9.93. The second kappa shape index (κ2) is 6.18. The van der Waals surface area contributed by atoms with Gasteiger partial charge in [0, 0.05) is 11.9 Å². The average Bonchev–Trinajstić information content (AvgIpc) is 2.79. The van der Waals surface area contributed by atoms with E-state index in [1.165, 1.54) is 50.1 Å². The Labute approximate surface area is 95.4 Å². The molecular formula is C11H19N3S. The lowest BCUT2D eigenvalue weighted by molar-refractivity contribution is 0.333. The first-order chi connectivity index (χ1) is 7.45. The molecule has 1 aliphatic rings. The minimum Gasteiger partial charge on any atom is -0.311 e. The molecule has 2 rings (SSSR count). The maximum atomic E-state index is 4.01. The highest BCUT2D eigenvalue weighted by Crippen LogP contribution is 2.25. The van der Waals surface area contributed by atoms with Crippen LogP contribution < -0.4 is 5.32 Å². The van der Waals surface area contributed by atoms with Crippen LogP contribution in [0.5, 0.6) is 0 Å². The summed E-state index contributed by atoms with van der Waals surface area (Å²) < 4.78 is 3.84. The molecular weight excluding hydrogens is 206 g/mol. The van der Waals surface area contributed by atoms with Crippen molar-refractivity contribution in [2.75, 3.05) is 6.54 Å². The molecule has 15 heavy (non-hydrogen) atoms. The van der Waals surface area contributed by atoms with Gasteiger partial charge in [0.1, 0.15) is 0 Å². The van der Waals surface area contributed by atoms with Crippen LogP contribution in [0.15, 0.2) is 5.38 Å². The summed E-state index contributed by atoms with van der Waals surface area (Å²) in [5.41, 5.74) is 1.07. The van der Waals surface area contributed by atoms with Gasteiger partial charge in [-0.15, -0.1) is 5.10 Å². The third kappa shape index (κ3) is 3.87. The zero-order valence-electron chi connectivity index (χ0n) is 9.11. The maximum Gasteiger partial charge on any atom is 0.0893 e. The van der Waals surface area contributed by atoms with Gasteiger partial charge in [-0.05, 0) is 30.4 Å². The largest absolute Gasteiger partial charge is 0.311 e. The molecule has 0 spiro atoms. The van der Waals surface area contributed by atoms with Gasteiger partial charge in [-0.1, -0.05) is 36.6 Å². The smallest absolute Gasteiger partial charge is 0.0893 e. The molecule has 4 heteroatoms. The summed E-state index contributed by atoms with van der Waals surface area (Å²) in [6.45, 7) is 2.01. The molecule has 0 radical (unpaired) electrons. The maximum absolute atomic E-state index is 4.01. The molecule has 1 saturated carbocycles. The number of nitrogens with one attached hydrogen (secondary N) is 1. The summed E-state index contributed by atoms with van der Waals surface area (Å²) in [7, 11) is 0. The molecule has 0 aromatic carbocycles. The van der Waals surface area contributed by atoms with Crippen LogP contribution in [0, 0.1) is 5.92 Å². The molecule has 84 valence electrons. The third-order valence-electron chi connectivity index (χ3n) is 3.17. The molecule has 0 aliphatic heterocycles. The lowest BCUT2D eigenvalue weighted by Crippen LogP contribution is -2.19. The van der Waals surface area contributed by atoms with Crippen molar-refractivity contribution in [1.82, 2.24) is 14.9 Å². The Hall–Kier alpha value is -0.480. The van der Waals surface area contributed by atoms with Crippen molar-refractivity contribution >= 4 is 11.5 Å². The normalized spacial score (nSPS) is 18.1. The van der Waals surface area contributed by atoms with Gasteiger partial charge in [-0.3, -0.25) is 0 Å². The molecule has 1 aliphatic carbocycles. The highest BCUT2D eigenvalue weighted by molar-refractivity contribution is 7.03. The monoisotopic (exact) mass is 225 g/mol. The van der Waals surface area contributed by atoms with Crippen molar-refractivity contribution in [2.45, 2.75) is 45.1 Å². The Morgan fingerprint density at radius 3 is 2.93 bits per heavy atom. The second-order valence-corrected chi connectivity index (χ2v) is 4.98. The number of aromatic nitrogens is 2. The Bertz CT molecular complexity index is 255. The van der Waals surface area contributed by atoms with E-state index in [-0.39, 0.29) is 0 Å². The zero-order chi connectivity index (χ0) is 10.3. The van der Waals surface area contributed by atoms with Gasteiger partial charge < -0.3 is 5.32 Å². The standard InChI is InChI=1S/C11H19N3S/c1-2-4-10(5-3-1)6-7-12-8-11-9-15-14-13-11/h9-10,12H,1-8H2. The van der Waals surface area contributed by atoms with Crippen LogP contribution in [0.1, 0.15) is 44.2 Å². The fourth-order valence-corrected chi connectivity index (χ4v) is 2.71. The summed E-state index contributed by atoms with van der Waals surface area (Å²) in [4.78, 5) is 0. The Kier molecular flexibility index (Phi) is 4.54. The van der Waals surface area contributed by atoms with E-state index >= 15 is 0 Å². The van der Waals surface area contributed by atoms with Crippen molar-refractivity contribution in [3.63, 3.8) is 0 Å². The van der Waals surface area contributed by atoms with E-state index in [9.17, 15) is 0 Å².